The number of hydrogen-bond acceptors (Lipinski definition) is 3. The van der Waals surface area contributed by atoms with E-state index in [1.165, 1.54) is 6.42 Å². The molecule has 88 valence electrons. The zero-order valence-electron chi connectivity index (χ0n) is 9.01. The van der Waals surface area contributed by atoms with Crippen LogP contribution in [0.3, 0.4) is 0 Å². The molecule has 0 aromatic carbocycles. The molecule has 6 heteroatoms. The molecule has 1 aliphatic rings. The third kappa shape index (κ3) is 3.54. The largest absolute Gasteiger partial charge is 0.569 e. The van der Waals surface area contributed by atoms with E-state index in [0.29, 0.717) is 18.1 Å². The fourth-order valence-corrected chi connectivity index (χ4v) is 2.09. The third-order valence-electron chi connectivity index (χ3n) is 2.88. The van der Waals surface area contributed by atoms with Crippen molar-refractivity contribution in [2.45, 2.75) is 44.6 Å². The maximum absolute atomic E-state index is 11.3. The normalized spacial score (nSPS) is 19.1. The average molecular weight is 216 g/mol. The molecule has 0 aromatic rings. The van der Waals surface area contributed by atoms with E-state index in [2.05, 4.69) is 5.28 Å². The van der Waals surface area contributed by atoms with Gasteiger partial charge in [0.05, 0.1) is 17.6 Å². The molecular weight excluding hydrogens is 196 g/mol. The van der Waals surface area contributed by atoms with E-state index in [1.807, 2.05) is 0 Å². The lowest BCUT2D eigenvalue weighted by Gasteiger charge is -2.29. The van der Waals surface area contributed by atoms with Gasteiger partial charge >= 0.3 is 0 Å². The number of hydrogen-bond donors (Lipinski definition) is 2. The van der Waals surface area contributed by atoms with Gasteiger partial charge in [0, 0.05) is 0 Å². The van der Waals surface area contributed by atoms with Crippen molar-refractivity contribution < 1.29 is 10.2 Å². The van der Waals surface area contributed by atoms with Crippen molar-refractivity contribution in [1.82, 2.24) is 5.01 Å². The zero-order valence-corrected chi connectivity index (χ0v) is 9.01. The van der Waals surface area contributed by atoms with Gasteiger partial charge in [-0.15, -0.1) is 5.01 Å². The second-order valence-electron chi connectivity index (χ2n) is 3.94. The number of nitrogens with zero attached hydrogens (tertiary/aromatic N) is 3. The molecule has 3 N–H and O–H groups in total. The highest BCUT2D eigenvalue weighted by molar-refractivity contribution is 4.71. The van der Waals surface area contributed by atoms with Crippen LogP contribution in [0.5, 0.6) is 0 Å². The minimum Gasteiger partial charge on any atom is -0.569 e. The molecule has 0 aromatic heterocycles. The number of rotatable bonds is 5. The Kier molecular flexibility index (Phi) is 5.17. The Morgan fingerprint density at radius 2 is 2.07 bits per heavy atom. The molecular formula is C9H20N4O2. The Morgan fingerprint density at radius 1 is 1.40 bits per heavy atom. The first-order valence-electron chi connectivity index (χ1n) is 5.58. The quantitative estimate of drug-likeness (QED) is 0.411. The first-order chi connectivity index (χ1) is 7.29. The fourth-order valence-electron chi connectivity index (χ4n) is 2.09. The molecule has 0 saturated heterocycles. The van der Waals surface area contributed by atoms with E-state index < -0.39 is 0 Å². The van der Waals surface area contributed by atoms with Crippen molar-refractivity contribution in [3.05, 3.63) is 5.21 Å². The predicted molar refractivity (Wildman–Crippen MR) is 55.1 cm³/mol. The molecule has 0 atom stereocenters. The summed E-state index contributed by atoms with van der Waals surface area (Å²) in [4.78, 5) is 0.297. The summed E-state index contributed by atoms with van der Waals surface area (Å²) in [6.45, 7) is 1.11. The van der Waals surface area contributed by atoms with Crippen molar-refractivity contribution >= 4 is 0 Å². The summed E-state index contributed by atoms with van der Waals surface area (Å²) in [5.41, 5.74) is 5.41. The first-order valence-corrected chi connectivity index (χ1v) is 5.58. The summed E-state index contributed by atoms with van der Waals surface area (Å²) in [5.74, 6) is 0. The molecule has 0 amide bonds. The van der Waals surface area contributed by atoms with Gasteiger partial charge in [-0.05, 0) is 25.8 Å². The van der Waals surface area contributed by atoms with Crippen molar-refractivity contribution in [2.24, 2.45) is 11.0 Å². The highest BCUT2D eigenvalue weighted by Crippen LogP contribution is 2.22. The Hall–Kier alpha value is -1.04. The Morgan fingerprint density at radius 3 is 2.60 bits per heavy atom. The van der Waals surface area contributed by atoms with Crippen molar-refractivity contribution in [3.8, 4) is 0 Å². The maximum Gasteiger partial charge on any atom is 0.230 e. The SMILES string of the molecule is NCCCN(C1CCCCC1)/[N+]([O-])=N\O. The molecule has 15 heavy (non-hydrogen) atoms. The van der Waals surface area contributed by atoms with E-state index >= 15 is 0 Å². The second-order valence-corrected chi connectivity index (χ2v) is 3.94. The smallest absolute Gasteiger partial charge is 0.230 e. The van der Waals surface area contributed by atoms with Gasteiger partial charge in [0.25, 0.3) is 0 Å². The van der Waals surface area contributed by atoms with Crippen LogP contribution >= 0.6 is 0 Å². The van der Waals surface area contributed by atoms with Gasteiger partial charge in [-0.25, -0.2) is 0 Å². The molecule has 0 radical (unpaired) electrons. The molecule has 1 rings (SSSR count). The van der Waals surface area contributed by atoms with Gasteiger partial charge in [0.15, 0.2) is 0 Å². The minimum atomic E-state index is 0.207. The molecule has 1 aliphatic carbocycles. The molecule has 0 unspecified atom stereocenters. The van der Waals surface area contributed by atoms with Crippen LogP contribution in [0, 0.1) is 5.21 Å². The summed E-state index contributed by atoms with van der Waals surface area (Å²) >= 11 is 0. The molecule has 1 fully saturated rings. The average Bonchev–Trinajstić information content (AvgIpc) is 2.30. The van der Waals surface area contributed by atoms with Crippen LogP contribution in [0.2, 0.25) is 0 Å². The van der Waals surface area contributed by atoms with E-state index in [-0.39, 0.29) is 6.04 Å². The summed E-state index contributed by atoms with van der Waals surface area (Å²) in [6, 6.07) is 0.207. The lowest BCUT2D eigenvalue weighted by atomic mass is 9.95. The topological polar surface area (TPSA) is 87.9 Å². The van der Waals surface area contributed by atoms with E-state index in [4.69, 9.17) is 10.9 Å². The fraction of sp³-hybridized carbons (Fsp3) is 1.00. The molecule has 0 bridgehead atoms. The summed E-state index contributed by atoms with van der Waals surface area (Å²) in [5, 5.41) is 24.1. The highest BCUT2D eigenvalue weighted by Gasteiger charge is 2.26. The molecule has 0 aliphatic heterocycles. The van der Waals surface area contributed by atoms with E-state index in [0.717, 1.165) is 32.1 Å². The monoisotopic (exact) mass is 216 g/mol. The van der Waals surface area contributed by atoms with Crippen LogP contribution in [0.25, 0.3) is 0 Å². The molecule has 1 saturated carbocycles. The number of hydrazine groups is 1. The van der Waals surface area contributed by atoms with Gasteiger partial charge in [0.1, 0.15) is 0 Å². The standard InChI is InChI=1S/C9H20N4O2/c10-7-4-8-12(13(15)11-14)9-5-2-1-3-6-9/h9,14H,1-8,10H2/b13-11+. The maximum atomic E-state index is 11.3. The Bertz CT molecular complexity index is 204. The lowest BCUT2D eigenvalue weighted by molar-refractivity contribution is -0.718. The van der Waals surface area contributed by atoms with Crippen LogP contribution in [0.15, 0.2) is 5.28 Å². The van der Waals surface area contributed by atoms with E-state index in [1.54, 1.807) is 5.01 Å². The van der Waals surface area contributed by atoms with Gasteiger partial charge in [-0.3, -0.25) is 0 Å². The third-order valence-corrected chi connectivity index (χ3v) is 2.88. The van der Waals surface area contributed by atoms with Gasteiger partial charge in [-0.1, -0.05) is 19.3 Å². The van der Waals surface area contributed by atoms with Crippen LogP contribution < -0.4 is 5.73 Å². The summed E-state index contributed by atoms with van der Waals surface area (Å²) < 4.78 is 0. The zero-order chi connectivity index (χ0) is 11.1. The minimum absolute atomic E-state index is 0.207. The van der Waals surface area contributed by atoms with Crippen LogP contribution in [0.1, 0.15) is 38.5 Å². The predicted octanol–water partition coefficient (Wildman–Crippen LogP) is 1.24. The first kappa shape index (κ1) is 12.0. The van der Waals surface area contributed by atoms with Crippen LogP contribution in [-0.4, -0.2) is 34.3 Å². The second kappa shape index (κ2) is 6.44. The van der Waals surface area contributed by atoms with Gasteiger partial charge in [-0.2, -0.15) is 0 Å². The lowest BCUT2D eigenvalue weighted by Crippen LogP contribution is -2.42. The van der Waals surface area contributed by atoms with Crippen molar-refractivity contribution in [3.63, 3.8) is 0 Å². The molecule has 6 nitrogen and oxygen atoms in total. The molecule has 0 heterocycles. The number of nitrogens with two attached hydrogens (primary N) is 1. The van der Waals surface area contributed by atoms with Gasteiger partial charge in [0.2, 0.25) is 5.28 Å². The van der Waals surface area contributed by atoms with Crippen LogP contribution in [-0.2, 0) is 0 Å². The van der Waals surface area contributed by atoms with Crippen molar-refractivity contribution in [1.29, 1.82) is 0 Å². The van der Waals surface area contributed by atoms with E-state index in [9.17, 15) is 5.21 Å². The van der Waals surface area contributed by atoms with Crippen molar-refractivity contribution in [2.75, 3.05) is 13.1 Å². The Labute approximate surface area is 89.9 Å². The molecule has 0 spiro atoms. The van der Waals surface area contributed by atoms with Crippen LogP contribution in [0.4, 0.5) is 0 Å². The Balaban J connectivity index is 2.53. The summed E-state index contributed by atoms with van der Waals surface area (Å²) in [6.07, 6.45) is 6.25. The highest BCUT2D eigenvalue weighted by atomic mass is 16.6. The summed E-state index contributed by atoms with van der Waals surface area (Å²) in [7, 11) is 0. The van der Waals surface area contributed by atoms with Gasteiger partial charge < -0.3 is 16.1 Å².